The molecule has 0 saturated carbocycles. The molecule has 20 heavy (non-hydrogen) atoms. The number of halogens is 2. The minimum absolute atomic E-state index is 0.0219. The molecular weight excluding hydrogens is 327 g/mol. The first-order valence-corrected chi connectivity index (χ1v) is 7.59. The molecule has 1 aromatic carbocycles. The van der Waals surface area contributed by atoms with Gasteiger partial charge in [0, 0.05) is 0 Å². The second-order valence-corrected chi connectivity index (χ2v) is 6.60. The molecular formula is C11H15Cl2N2O4S+. The third-order valence-corrected chi connectivity index (χ3v) is 3.62. The van der Waals surface area contributed by atoms with Crippen molar-refractivity contribution in [2.45, 2.75) is 4.90 Å². The predicted octanol–water partition coefficient (Wildman–Crippen LogP) is 1.81. The Morgan fingerprint density at radius 3 is 2.00 bits per heavy atom. The van der Waals surface area contributed by atoms with E-state index >= 15 is 0 Å². The normalized spacial score (nSPS) is 11.2. The van der Waals surface area contributed by atoms with Gasteiger partial charge in [0.15, 0.2) is 5.75 Å². The molecule has 0 heterocycles. The first kappa shape index (κ1) is 17.0. The highest BCUT2D eigenvalue weighted by molar-refractivity contribution is 7.85. The zero-order valence-electron chi connectivity index (χ0n) is 11.4. The van der Waals surface area contributed by atoms with Gasteiger partial charge in [0.05, 0.1) is 43.1 Å². The van der Waals surface area contributed by atoms with Crippen molar-refractivity contribution in [3.05, 3.63) is 22.2 Å². The maximum Gasteiger partial charge on any atom is 0.450 e. The van der Waals surface area contributed by atoms with Crippen molar-refractivity contribution in [1.82, 2.24) is 4.90 Å². The Bertz CT molecular complexity index is 629. The first-order chi connectivity index (χ1) is 9.04. The predicted molar refractivity (Wildman–Crippen MR) is 77.7 cm³/mol. The maximum atomic E-state index is 11.1. The standard InChI is InChI=1S/C11H14Cl2N2O4S/c1-14(2)11(15(3)4)19-10-8(12)5-7(6-9(10)13)20(16,17)18/h5-6H,1-4H3/p+1. The zero-order valence-corrected chi connectivity index (χ0v) is 13.7. The van der Waals surface area contributed by atoms with Crippen LogP contribution in [0.4, 0.5) is 0 Å². The third kappa shape index (κ3) is 3.99. The number of benzene rings is 1. The number of amidine groups is 1. The van der Waals surface area contributed by atoms with E-state index in [-0.39, 0.29) is 15.8 Å². The molecule has 6 nitrogen and oxygen atoms in total. The fraction of sp³-hybridized carbons (Fsp3) is 0.364. The molecule has 1 N–H and O–H groups in total. The summed E-state index contributed by atoms with van der Waals surface area (Å²) in [5.74, 6) is 0.109. The van der Waals surface area contributed by atoms with Gasteiger partial charge in [-0.2, -0.15) is 8.42 Å². The molecule has 112 valence electrons. The van der Waals surface area contributed by atoms with Gasteiger partial charge in [-0.05, 0) is 12.1 Å². The largest absolute Gasteiger partial charge is 0.450 e. The Hall–Kier alpha value is -1.02. The van der Waals surface area contributed by atoms with Crippen molar-refractivity contribution < 1.29 is 22.3 Å². The molecule has 0 bridgehead atoms. The van der Waals surface area contributed by atoms with Crippen LogP contribution in [0, 0.1) is 0 Å². The average molecular weight is 342 g/mol. The Kier molecular flexibility index (Phi) is 5.26. The second kappa shape index (κ2) is 6.17. The molecule has 1 rings (SSSR count). The first-order valence-electron chi connectivity index (χ1n) is 5.40. The van der Waals surface area contributed by atoms with Gasteiger partial charge < -0.3 is 4.74 Å². The Morgan fingerprint density at radius 2 is 1.70 bits per heavy atom. The molecule has 9 heteroatoms. The molecule has 0 spiro atoms. The summed E-state index contributed by atoms with van der Waals surface area (Å²) in [4.78, 5) is 1.31. The summed E-state index contributed by atoms with van der Waals surface area (Å²) in [5.41, 5.74) is 0. The van der Waals surface area contributed by atoms with E-state index < -0.39 is 15.0 Å². The maximum absolute atomic E-state index is 11.1. The lowest BCUT2D eigenvalue weighted by atomic mass is 10.3. The van der Waals surface area contributed by atoms with E-state index in [1.54, 1.807) is 37.7 Å². The van der Waals surface area contributed by atoms with Gasteiger partial charge in [0.2, 0.25) is 0 Å². The van der Waals surface area contributed by atoms with Crippen LogP contribution in [0.15, 0.2) is 17.0 Å². The summed E-state index contributed by atoms with van der Waals surface area (Å²) in [6, 6.07) is 2.59. The summed E-state index contributed by atoms with van der Waals surface area (Å²) < 4.78 is 38.4. The quantitative estimate of drug-likeness (QED) is 0.384. The molecule has 0 unspecified atom stereocenters. The van der Waals surface area contributed by atoms with Crippen molar-refractivity contribution in [1.29, 1.82) is 0 Å². The number of rotatable bonds is 2. The number of ether oxygens (including phenoxy) is 1. The van der Waals surface area contributed by atoms with Crippen LogP contribution in [0.5, 0.6) is 5.75 Å². The third-order valence-electron chi connectivity index (χ3n) is 2.23. The summed E-state index contributed by atoms with van der Waals surface area (Å²) in [6.07, 6.45) is 0. The fourth-order valence-electron chi connectivity index (χ4n) is 1.46. The van der Waals surface area contributed by atoms with E-state index in [0.29, 0.717) is 6.02 Å². The highest BCUT2D eigenvalue weighted by Gasteiger charge is 2.22. The highest BCUT2D eigenvalue weighted by atomic mass is 35.5. The topological polar surface area (TPSA) is 69.9 Å². The molecule has 0 atom stereocenters. The van der Waals surface area contributed by atoms with E-state index in [0.717, 1.165) is 12.1 Å². The van der Waals surface area contributed by atoms with Gasteiger partial charge in [-0.25, -0.2) is 9.48 Å². The van der Waals surface area contributed by atoms with Crippen LogP contribution in [0.1, 0.15) is 0 Å². The number of hydrogen-bond donors (Lipinski definition) is 1. The molecule has 0 aliphatic heterocycles. The van der Waals surface area contributed by atoms with Crippen molar-refractivity contribution in [2.75, 3.05) is 28.2 Å². The van der Waals surface area contributed by atoms with E-state index in [4.69, 9.17) is 32.5 Å². The molecule has 1 aromatic rings. The zero-order chi connectivity index (χ0) is 15.7. The van der Waals surface area contributed by atoms with Crippen molar-refractivity contribution in [2.24, 2.45) is 0 Å². The highest BCUT2D eigenvalue weighted by Crippen LogP contribution is 2.35. The van der Waals surface area contributed by atoms with Gasteiger partial charge in [-0.15, -0.1) is 0 Å². The van der Waals surface area contributed by atoms with Crippen molar-refractivity contribution in [3.8, 4) is 5.75 Å². The van der Waals surface area contributed by atoms with Crippen LogP contribution in [0.3, 0.4) is 0 Å². The lowest BCUT2D eigenvalue weighted by Crippen LogP contribution is -2.34. The van der Waals surface area contributed by atoms with E-state index in [1.807, 2.05) is 0 Å². The Balaban J connectivity index is 3.33. The monoisotopic (exact) mass is 341 g/mol. The van der Waals surface area contributed by atoms with Gasteiger partial charge in [0.25, 0.3) is 10.1 Å². The molecule has 0 amide bonds. The average Bonchev–Trinajstić information content (AvgIpc) is 2.25. The van der Waals surface area contributed by atoms with Gasteiger partial charge in [0.1, 0.15) is 0 Å². The van der Waals surface area contributed by atoms with Crippen LogP contribution in [-0.4, -0.2) is 56.7 Å². The minimum Gasteiger partial charge on any atom is -0.389 e. The molecule has 0 saturated heterocycles. The number of nitrogens with zero attached hydrogens (tertiary/aromatic N) is 2. The second-order valence-electron chi connectivity index (χ2n) is 4.36. The van der Waals surface area contributed by atoms with Crippen molar-refractivity contribution in [3.63, 3.8) is 0 Å². The van der Waals surface area contributed by atoms with Gasteiger partial charge >= 0.3 is 6.02 Å². The molecule has 0 aliphatic rings. The SMILES string of the molecule is CN(C)C(Oc1c(Cl)cc(S(=O)(=O)O)cc1Cl)=[N+](C)C. The van der Waals surface area contributed by atoms with Crippen LogP contribution in [-0.2, 0) is 10.1 Å². The van der Waals surface area contributed by atoms with Gasteiger partial charge in [-0.1, -0.05) is 23.2 Å². The van der Waals surface area contributed by atoms with E-state index in [9.17, 15) is 8.42 Å². The van der Waals surface area contributed by atoms with Crippen LogP contribution >= 0.6 is 23.2 Å². The van der Waals surface area contributed by atoms with Crippen molar-refractivity contribution >= 4 is 39.3 Å². The number of hydrogen-bond acceptors (Lipinski definition) is 3. The smallest absolute Gasteiger partial charge is 0.389 e. The molecule has 0 fully saturated rings. The van der Waals surface area contributed by atoms with Crippen LogP contribution in [0.25, 0.3) is 0 Å². The summed E-state index contributed by atoms with van der Waals surface area (Å²) in [6.45, 7) is 0. The van der Waals surface area contributed by atoms with Crippen LogP contribution in [0.2, 0.25) is 10.0 Å². The fourth-order valence-corrected chi connectivity index (χ4v) is 2.68. The summed E-state index contributed by atoms with van der Waals surface area (Å²) >= 11 is 11.9. The molecule has 0 aromatic heterocycles. The van der Waals surface area contributed by atoms with Crippen LogP contribution < -0.4 is 4.74 Å². The Labute approximate surface area is 127 Å². The van der Waals surface area contributed by atoms with E-state index in [1.165, 1.54) is 0 Å². The molecule has 0 aliphatic carbocycles. The lowest BCUT2D eigenvalue weighted by Gasteiger charge is -2.14. The van der Waals surface area contributed by atoms with E-state index in [2.05, 4.69) is 0 Å². The molecule has 0 radical (unpaired) electrons. The summed E-state index contributed by atoms with van der Waals surface area (Å²) in [5, 5.41) is -0.0438. The van der Waals surface area contributed by atoms with Gasteiger partial charge in [-0.3, -0.25) is 4.55 Å². The minimum atomic E-state index is -4.38. The Morgan fingerprint density at radius 1 is 1.25 bits per heavy atom. The lowest BCUT2D eigenvalue weighted by molar-refractivity contribution is -0.478. The summed E-state index contributed by atoms with van der Waals surface area (Å²) in [7, 11) is 2.69.